The summed E-state index contributed by atoms with van der Waals surface area (Å²) in [5, 5.41) is 0. The van der Waals surface area contributed by atoms with Gasteiger partial charge in [0.2, 0.25) is 0 Å². The number of anilines is 1. The molecule has 3 nitrogen and oxygen atoms in total. The lowest BCUT2D eigenvalue weighted by Crippen LogP contribution is -2.46. The van der Waals surface area contributed by atoms with Crippen LogP contribution >= 0.6 is 0 Å². The van der Waals surface area contributed by atoms with Crippen LogP contribution in [0.3, 0.4) is 0 Å². The molecule has 85 valence electrons. The van der Waals surface area contributed by atoms with Gasteiger partial charge in [0.1, 0.15) is 11.6 Å². The second kappa shape index (κ2) is 4.47. The summed E-state index contributed by atoms with van der Waals surface area (Å²) in [5.41, 5.74) is 0.381. The molecule has 0 aliphatic carbocycles. The molecule has 0 bridgehead atoms. The Bertz CT molecular complexity index is 390. The fraction of sp³-hybridized carbons (Fsp3) is 0.364. The van der Waals surface area contributed by atoms with E-state index in [0.717, 1.165) is 6.07 Å². The first-order chi connectivity index (χ1) is 7.70. The van der Waals surface area contributed by atoms with Gasteiger partial charge in [0.15, 0.2) is 0 Å². The van der Waals surface area contributed by atoms with Crippen LogP contribution in [0.25, 0.3) is 0 Å². The summed E-state index contributed by atoms with van der Waals surface area (Å²) in [7, 11) is 0. The molecule has 1 saturated heterocycles. The first-order valence-corrected chi connectivity index (χ1v) is 5.03. The van der Waals surface area contributed by atoms with Gasteiger partial charge in [-0.3, -0.25) is 4.79 Å². The summed E-state index contributed by atoms with van der Waals surface area (Å²) in [6.07, 6.45) is 1.80. The van der Waals surface area contributed by atoms with Gasteiger partial charge in [-0.15, -0.1) is 0 Å². The summed E-state index contributed by atoms with van der Waals surface area (Å²) in [5.74, 6) is -1.15. The summed E-state index contributed by atoms with van der Waals surface area (Å²) < 4.78 is 26.2. The highest BCUT2D eigenvalue weighted by Gasteiger charge is 2.18. The lowest BCUT2D eigenvalue weighted by Gasteiger charge is -2.33. The highest BCUT2D eigenvalue weighted by molar-refractivity contribution is 5.52. The molecule has 0 atom stereocenters. The van der Waals surface area contributed by atoms with E-state index >= 15 is 0 Å². The van der Waals surface area contributed by atoms with Crippen molar-refractivity contribution in [1.29, 1.82) is 0 Å². The normalized spacial score (nSPS) is 16.4. The predicted molar refractivity (Wildman–Crippen MR) is 55.8 cm³/mol. The third-order valence-electron chi connectivity index (χ3n) is 2.66. The van der Waals surface area contributed by atoms with E-state index < -0.39 is 11.6 Å². The molecule has 16 heavy (non-hydrogen) atoms. The van der Waals surface area contributed by atoms with E-state index in [4.69, 9.17) is 0 Å². The molecule has 1 radical (unpaired) electrons. The van der Waals surface area contributed by atoms with E-state index in [1.54, 1.807) is 11.3 Å². The van der Waals surface area contributed by atoms with Gasteiger partial charge in [-0.25, -0.2) is 8.78 Å². The van der Waals surface area contributed by atoms with Crippen LogP contribution in [0.2, 0.25) is 0 Å². The standard InChI is InChI=1S/C11H11F2N2O/c12-9-1-2-11(10(13)7-9)15-5-3-14(8-16)4-6-15/h1-2,7H,3-6H2. The van der Waals surface area contributed by atoms with Gasteiger partial charge in [0.05, 0.1) is 5.69 Å². The number of hydrogen-bond acceptors (Lipinski definition) is 2. The minimum atomic E-state index is -0.582. The molecular weight excluding hydrogens is 214 g/mol. The second-order valence-corrected chi connectivity index (χ2v) is 3.66. The second-order valence-electron chi connectivity index (χ2n) is 3.66. The van der Waals surface area contributed by atoms with Gasteiger partial charge in [0, 0.05) is 32.2 Å². The van der Waals surface area contributed by atoms with Crippen molar-refractivity contribution in [3.63, 3.8) is 0 Å². The van der Waals surface area contributed by atoms with Crippen molar-refractivity contribution in [2.24, 2.45) is 0 Å². The van der Waals surface area contributed by atoms with Gasteiger partial charge < -0.3 is 9.80 Å². The fourth-order valence-electron chi connectivity index (χ4n) is 1.78. The molecule has 0 spiro atoms. The zero-order valence-electron chi connectivity index (χ0n) is 8.62. The van der Waals surface area contributed by atoms with Crippen molar-refractivity contribution >= 4 is 12.1 Å². The van der Waals surface area contributed by atoms with Gasteiger partial charge in [-0.05, 0) is 12.1 Å². The number of halogens is 2. The van der Waals surface area contributed by atoms with Crippen LogP contribution in [0.4, 0.5) is 14.5 Å². The number of piperazine rings is 1. The molecule has 5 heteroatoms. The first-order valence-electron chi connectivity index (χ1n) is 5.03. The van der Waals surface area contributed by atoms with Crippen molar-refractivity contribution in [2.45, 2.75) is 0 Å². The van der Waals surface area contributed by atoms with E-state index in [9.17, 15) is 13.6 Å². The molecule has 1 fully saturated rings. The molecule has 0 aromatic heterocycles. The molecule has 1 aromatic rings. The number of carbonyl (C=O) groups excluding carboxylic acids is 1. The molecule has 0 saturated carbocycles. The maximum Gasteiger partial charge on any atom is 0.312 e. The van der Waals surface area contributed by atoms with Crippen molar-refractivity contribution in [1.82, 2.24) is 4.90 Å². The van der Waals surface area contributed by atoms with E-state index in [-0.39, 0.29) is 0 Å². The van der Waals surface area contributed by atoms with Crippen molar-refractivity contribution in [2.75, 3.05) is 31.1 Å². The molecule has 1 aromatic carbocycles. The number of amides is 1. The van der Waals surface area contributed by atoms with Crippen LogP contribution in [-0.2, 0) is 4.79 Å². The maximum absolute atomic E-state index is 13.4. The van der Waals surface area contributed by atoms with Crippen molar-refractivity contribution in [3.05, 3.63) is 29.8 Å². The lowest BCUT2D eigenvalue weighted by molar-refractivity contribution is 0.355. The van der Waals surface area contributed by atoms with Crippen molar-refractivity contribution in [3.8, 4) is 0 Å². The summed E-state index contributed by atoms with van der Waals surface area (Å²) >= 11 is 0. The summed E-state index contributed by atoms with van der Waals surface area (Å²) in [6.45, 7) is 2.11. The molecule has 1 heterocycles. The Kier molecular flexibility index (Phi) is 3.03. The Labute approximate surface area is 92.3 Å². The Hall–Kier alpha value is -1.65. The molecule has 1 amide bonds. The minimum absolute atomic E-state index is 0.381. The van der Waals surface area contributed by atoms with Crippen LogP contribution in [0.5, 0.6) is 0 Å². The van der Waals surface area contributed by atoms with Crippen LogP contribution in [0, 0.1) is 11.6 Å². The summed E-state index contributed by atoms with van der Waals surface area (Å²) in [4.78, 5) is 13.7. The highest BCUT2D eigenvalue weighted by atomic mass is 19.1. The smallest absolute Gasteiger partial charge is 0.312 e. The van der Waals surface area contributed by atoms with Crippen LogP contribution < -0.4 is 4.90 Å². The average Bonchev–Trinajstić information content (AvgIpc) is 2.29. The first kappa shape index (κ1) is 10.9. The largest absolute Gasteiger partial charge is 0.366 e. The maximum atomic E-state index is 13.4. The van der Waals surface area contributed by atoms with Crippen molar-refractivity contribution < 1.29 is 13.6 Å². The monoisotopic (exact) mass is 225 g/mol. The zero-order chi connectivity index (χ0) is 11.5. The van der Waals surface area contributed by atoms with Gasteiger partial charge in [-0.2, -0.15) is 0 Å². The molecule has 0 N–H and O–H groups in total. The molecule has 2 rings (SSSR count). The number of rotatable bonds is 2. The Morgan fingerprint density at radius 2 is 1.81 bits per heavy atom. The summed E-state index contributed by atoms with van der Waals surface area (Å²) in [6, 6.07) is 3.52. The Morgan fingerprint density at radius 1 is 1.12 bits per heavy atom. The molecule has 1 aliphatic rings. The predicted octanol–water partition coefficient (Wildman–Crippen LogP) is 1.15. The lowest BCUT2D eigenvalue weighted by atomic mass is 10.2. The SMILES string of the molecule is O=[C]N1CCN(c2ccc(F)cc2F)CC1. The zero-order valence-corrected chi connectivity index (χ0v) is 8.62. The number of benzene rings is 1. The van der Waals surface area contributed by atoms with E-state index in [2.05, 4.69) is 0 Å². The molecule has 0 unspecified atom stereocenters. The topological polar surface area (TPSA) is 23.6 Å². The van der Waals surface area contributed by atoms with Gasteiger partial charge in [0.25, 0.3) is 0 Å². The third-order valence-corrected chi connectivity index (χ3v) is 2.66. The quantitative estimate of drug-likeness (QED) is 0.754. The van der Waals surface area contributed by atoms with Crippen LogP contribution in [0.15, 0.2) is 18.2 Å². The molecular formula is C11H11F2N2O. The van der Waals surface area contributed by atoms with E-state index in [0.29, 0.717) is 31.9 Å². The number of hydrogen-bond donors (Lipinski definition) is 0. The van der Waals surface area contributed by atoms with E-state index in [1.165, 1.54) is 17.0 Å². The average molecular weight is 225 g/mol. The Morgan fingerprint density at radius 3 is 2.38 bits per heavy atom. The number of nitrogens with zero attached hydrogens (tertiary/aromatic N) is 2. The fourth-order valence-corrected chi connectivity index (χ4v) is 1.78. The van der Waals surface area contributed by atoms with Gasteiger partial charge in [-0.1, -0.05) is 0 Å². The third kappa shape index (κ3) is 2.13. The van der Waals surface area contributed by atoms with Crippen LogP contribution in [-0.4, -0.2) is 37.5 Å². The minimum Gasteiger partial charge on any atom is -0.366 e. The molecule has 1 aliphatic heterocycles. The highest BCUT2D eigenvalue weighted by Crippen LogP contribution is 2.21. The van der Waals surface area contributed by atoms with Gasteiger partial charge >= 0.3 is 6.41 Å². The van der Waals surface area contributed by atoms with Crippen LogP contribution in [0.1, 0.15) is 0 Å². The van der Waals surface area contributed by atoms with E-state index in [1.807, 2.05) is 0 Å². The Balaban J connectivity index is 2.11.